The molecule has 14 nitrogen and oxygen atoms in total. The van der Waals surface area contributed by atoms with Crippen LogP contribution >= 0.6 is 0 Å². The van der Waals surface area contributed by atoms with Crippen molar-refractivity contribution in [2.75, 3.05) is 46.4 Å². The molecule has 0 aliphatic carbocycles. The van der Waals surface area contributed by atoms with Crippen molar-refractivity contribution in [2.24, 2.45) is 11.8 Å². The van der Waals surface area contributed by atoms with E-state index in [2.05, 4.69) is 20.9 Å². The van der Waals surface area contributed by atoms with E-state index in [-0.39, 0.29) is 53.5 Å². The van der Waals surface area contributed by atoms with Crippen molar-refractivity contribution in [1.82, 2.24) is 35.3 Å². The summed E-state index contributed by atoms with van der Waals surface area (Å²) in [5, 5.41) is 8.76. The number of amides is 5. The highest BCUT2D eigenvalue weighted by atomic mass is 16.5. The van der Waals surface area contributed by atoms with Crippen molar-refractivity contribution in [3.8, 4) is 5.75 Å². The molecule has 1 saturated heterocycles. The Morgan fingerprint density at radius 2 is 1.62 bits per heavy atom. The van der Waals surface area contributed by atoms with E-state index in [0.29, 0.717) is 112 Å². The smallest absolute Gasteiger partial charge is 0.326 e. The second kappa shape index (κ2) is 17.9. The molecule has 4 N–H and O–H groups in total. The van der Waals surface area contributed by atoms with Crippen molar-refractivity contribution >= 4 is 40.6 Å². The van der Waals surface area contributed by atoms with Gasteiger partial charge >= 0.3 is 5.69 Å². The summed E-state index contributed by atoms with van der Waals surface area (Å²) < 4.78 is 6.82. The Labute approximate surface area is 303 Å². The van der Waals surface area contributed by atoms with Gasteiger partial charge in [-0.3, -0.25) is 28.5 Å². The minimum absolute atomic E-state index is 0.0358. The summed E-state index contributed by atoms with van der Waals surface area (Å²) in [7, 11) is 1.56. The molecule has 52 heavy (non-hydrogen) atoms. The van der Waals surface area contributed by atoms with Gasteiger partial charge in [0.2, 0.25) is 17.7 Å². The topological polar surface area (TPSA) is 175 Å². The first-order chi connectivity index (χ1) is 25.1. The zero-order valence-electron chi connectivity index (χ0n) is 30.4. The molecule has 2 atom stereocenters. The molecule has 0 saturated carbocycles. The van der Waals surface area contributed by atoms with Crippen LogP contribution in [0.15, 0.2) is 47.3 Å². The maximum Gasteiger partial charge on any atom is 0.326 e. The minimum atomic E-state index is -0.718. The van der Waals surface area contributed by atoms with Crippen molar-refractivity contribution in [1.29, 1.82) is 0 Å². The molecule has 0 spiro atoms. The van der Waals surface area contributed by atoms with E-state index in [1.54, 1.807) is 63.9 Å². The van der Waals surface area contributed by atoms with E-state index < -0.39 is 6.04 Å². The van der Waals surface area contributed by atoms with Crippen LogP contribution in [0.2, 0.25) is 0 Å². The van der Waals surface area contributed by atoms with Crippen molar-refractivity contribution < 1.29 is 28.7 Å². The molecule has 5 rings (SSSR count). The number of benzene rings is 2. The molecule has 3 heterocycles. The number of imidazole rings is 1. The number of carbonyl (C=O) groups excluding carboxylic acids is 5. The van der Waals surface area contributed by atoms with Gasteiger partial charge in [0.05, 0.1) is 18.1 Å². The SMILES string of the molecule is CC[C@H](C)[C@@H]1NC(=O)CCCN(C(=O)C2CCN(C(=O)c3cccc(OC)c3)CC2)CCCNC(=O)c2ccc3[nH]c(=O)n(c3c2)CCCNC1=O. The third-order valence-corrected chi connectivity index (χ3v) is 10.2. The van der Waals surface area contributed by atoms with Crippen LogP contribution in [0.25, 0.3) is 11.0 Å². The van der Waals surface area contributed by atoms with Gasteiger partial charge in [-0.05, 0) is 74.4 Å². The fourth-order valence-electron chi connectivity index (χ4n) is 6.89. The maximum atomic E-state index is 13.9. The molecular formula is C38H51N7O7. The van der Waals surface area contributed by atoms with Crippen LogP contribution in [0.5, 0.6) is 5.75 Å². The predicted molar refractivity (Wildman–Crippen MR) is 196 cm³/mol. The Hall–Kier alpha value is -5.14. The van der Waals surface area contributed by atoms with Crippen molar-refractivity contribution in [3.63, 3.8) is 0 Å². The number of aromatic amines is 1. The van der Waals surface area contributed by atoms with Crippen LogP contribution < -0.4 is 26.4 Å². The summed E-state index contributed by atoms with van der Waals surface area (Å²) in [5.41, 5.74) is 1.83. The Bertz CT molecular complexity index is 1810. The van der Waals surface area contributed by atoms with Crippen LogP contribution in [0, 0.1) is 11.8 Å². The number of hydrogen-bond donors (Lipinski definition) is 4. The summed E-state index contributed by atoms with van der Waals surface area (Å²) in [5.74, 6) is -0.768. The molecule has 0 unspecified atom stereocenters. The van der Waals surface area contributed by atoms with Gasteiger partial charge in [0.1, 0.15) is 11.8 Å². The standard InChI is InChI=1S/C38H51N7O7/c1-4-25(2)33-35(48)40-17-8-20-45-31-24-27(12-13-30(31)41-38(45)51)34(47)39-16-7-19-43(18-6-11-32(46)42-33)36(49)26-14-21-44(22-15-26)37(50)28-9-5-10-29(23-28)52-3/h5,9-10,12-13,23-26,33H,4,6-8,11,14-22H2,1-3H3,(H,39,47)(H,40,48)(H,41,51)(H,42,46)/t25-,33-/m0/s1. The lowest BCUT2D eigenvalue weighted by Crippen LogP contribution is -2.50. The number of rotatable bonds is 5. The largest absolute Gasteiger partial charge is 0.497 e. The number of nitrogens with one attached hydrogen (secondary N) is 4. The highest BCUT2D eigenvalue weighted by Crippen LogP contribution is 2.23. The summed E-state index contributed by atoms with van der Waals surface area (Å²) in [6, 6.07) is 11.4. The third kappa shape index (κ3) is 9.39. The molecule has 0 radical (unpaired) electrons. The quantitative estimate of drug-likeness (QED) is 0.314. The minimum Gasteiger partial charge on any atom is -0.497 e. The molecule has 14 heteroatoms. The number of carbonyl (C=O) groups is 5. The van der Waals surface area contributed by atoms with Gasteiger partial charge in [-0.25, -0.2) is 4.79 Å². The monoisotopic (exact) mass is 717 g/mol. The lowest BCUT2D eigenvalue weighted by Gasteiger charge is -2.34. The summed E-state index contributed by atoms with van der Waals surface area (Å²) in [4.78, 5) is 85.7. The van der Waals surface area contributed by atoms with Crippen LogP contribution in [-0.4, -0.2) is 101 Å². The van der Waals surface area contributed by atoms with Gasteiger partial charge in [-0.1, -0.05) is 26.3 Å². The van der Waals surface area contributed by atoms with E-state index >= 15 is 0 Å². The van der Waals surface area contributed by atoms with Gasteiger partial charge in [-0.15, -0.1) is 0 Å². The number of aryl methyl sites for hydroxylation is 1. The maximum absolute atomic E-state index is 13.9. The number of hydrogen-bond acceptors (Lipinski definition) is 7. The Morgan fingerprint density at radius 1 is 0.885 bits per heavy atom. The summed E-state index contributed by atoms with van der Waals surface area (Å²) in [6.07, 6.45) is 3.21. The lowest BCUT2D eigenvalue weighted by molar-refractivity contribution is -0.137. The molecule has 3 aromatic rings. The molecule has 1 fully saturated rings. The fourth-order valence-corrected chi connectivity index (χ4v) is 6.89. The molecule has 2 aliphatic rings. The van der Waals surface area contributed by atoms with E-state index in [9.17, 15) is 28.8 Å². The molecular weight excluding hydrogens is 666 g/mol. The van der Waals surface area contributed by atoms with Crippen LogP contribution in [0.4, 0.5) is 0 Å². The Kier molecular flexibility index (Phi) is 13.1. The van der Waals surface area contributed by atoms with Gasteiger partial charge in [-0.2, -0.15) is 0 Å². The molecule has 280 valence electrons. The highest BCUT2D eigenvalue weighted by Gasteiger charge is 2.31. The van der Waals surface area contributed by atoms with Crippen LogP contribution in [-0.2, 0) is 20.9 Å². The number of H-pyrrole nitrogens is 1. The Balaban J connectivity index is 1.28. The highest BCUT2D eigenvalue weighted by molar-refractivity contribution is 5.97. The van der Waals surface area contributed by atoms with E-state index in [0.717, 1.165) is 0 Å². The fraction of sp³-hybridized carbons (Fsp3) is 0.526. The summed E-state index contributed by atoms with van der Waals surface area (Å²) in [6.45, 7) is 6.42. The molecule has 1 aromatic heterocycles. The lowest BCUT2D eigenvalue weighted by atomic mass is 9.94. The van der Waals surface area contributed by atoms with Crippen molar-refractivity contribution in [3.05, 3.63) is 64.1 Å². The molecule has 5 amide bonds. The predicted octanol–water partition coefficient (Wildman–Crippen LogP) is 2.67. The molecule has 2 aromatic carbocycles. The van der Waals surface area contributed by atoms with E-state index in [4.69, 9.17) is 4.74 Å². The number of piperidine rings is 1. The van der Waals surface area contributed by atoms with E-state index in [1.807, 2.05) is 13.8 Å². The number of likely N-dealkylation sites (tertiary alicyclic amines) is 1. The third-order valence-electron chi connectivity index (χ3n) is 10.2. The zero-order valence-corrected chi connectivity index (χ0v) is 30.4. The first-order valence-electron chi connectivity index (χ1n) is 18.4. The zero-order chi connectivity index (χ0) is 37.2. The molecule has 2 aliphatic heterocycles. The number of nitrogens with zero attached hydrogens (tertiary/aromatic N) is 3. The number of fused-ring (bicyclic) bond motifs is 1. The number of aromatic nitrogens is 2. The average molecular weight is 718 g/mol. The van der Waals surface area contributed by atoms with E-state index in [1.165, 1.54) is 0 Å². The van der Waals surface area contributed by atoms with Crippen molar-refractivity contribution in [2.45, 2.75) is 71.4 Å². The Morgan fingerprint density at radius 3 is 2.37 bits per heavy atom. The number of methoxy groups -OCH3 is 1. The van der Waals surface area contributed by atoms with Crippen LogP contribution in [0.3, 0.4) is 0 Å². The first-order valence-corrected chi connectivity index (χ1v) is 18.4. The normalized spacial score (nSPS) is 19.7. The summed E-state index contributed by atoms with van der Waals surface area (Å²) >= 11 is 0. The molecule has 2 bridgehead atoms. The van der Waals surface area contributed by atoms with Crippen LogP contribution in [0.1, 0.15) is 79.5 Å². The first kappa shape index (κ1) is 38.1. The second-order valence-corrected chi connectivity index (χ2v) is 13.7. The average Bonchev–Trinajstić information content (AvgIpc) is 3.48. The van der Waals surface area contributed by atoms with Gasteiger partial charge in [0.15, 0.2) is 0 Å². The van der Waals surface area contributed by atoms with Gasteiger partial charge < -0.3 is 35.5 Å². The van der Waals surface area contributed by atoms with Gasteiger partial charge in [0, 0.05) is 69.3 Å². The number of ether oxygens (including phenoxy) is 1. The van der Waals surface area contributed by atoms with Gasteiger partial charge in [0.25, 0.3) is 11.8 Å². The second-order valence-electron chi connectivity index (χ2n) is 13.7.